The van der Waals surface area contributed by atoms with Gasteiger partial charge >= 0.3 is 11.8 Å². The van der Waals surface area contributed by atoms with Crippen LogP contribution in [-0.4, -0.2) is 55.0 Å². The molecule has 150 valence electrons. The van der Waals surface area contributed by atoms with Gasteiger partial charge in [-0.3, -0.25) is 14.4 Å². The highest BCUT2D eigenvalue weighted by Gasteiger charge is 2.35. The van der Waals surface area contributed by atoms with Crippen LogP contribution in [0, 0.1) is 0 Å². The largest absolute Gasteiger partial charge is 0.376 e. The third-order valence-corrected chi connectivity index (χ3v) is 7.03. The molecule has 3 aliphatic rings. The van der Waals surface area contributed by atoms with Crippen LogP contribution in [0.3, 0.4) is 0 Å². The van der Waals surface area contributed by atoms with Crippen molar-refractivity contribution < 1.29 is 19.1 Å². The highest BCUT2D eigenvalue weighted by Crippen LogP contribution is 2.37. The Balaban J connectivity index is 1.43. The topological polar surface area (TPSA) is 87.7 Å². The third-order valence-electron chi connectivity index (χ3n) is 5.81. The fourth-order valence-corrected chi connectivity index (χ4v) is 5.59. The lowest BCUT2D eigenvalue weighted by atomic mass is 9.91. The van der Waals surface area contributed by atoms with Gasteiger partial charge in [0.2, 0.25) is 5.91 Å². The van der Waals surface area contributed by atoms with Crippen LogP contribution in [0.25, 0.3) is 0 Å². The van der Waals surface area contributed by atoms with E-state index < -0.39 is 11.8 Å². The molecule has 0 aromatic heterocycles. The van der Waals surface area contributed by atoms with Gasteiger partial charge < -0.3 is 20.3 Å². The Morgan fingerprint density at radius 3 is 2.71 bits per heavy atom. The van der Waals surface area contributed by atoms with Crippen LogP contribution in [0.4, 0.5) is 11.4 Å². The summed E-state index contributed by atoms with van der Waals surface area (Å²) >= 11 is 1.79. The zero-order valence-corrected chi connectivity index (χ0v) is 16.8. The van der Waals surface area contributed by atoms with Crippen LogP contribution in [-0.2, 0) is 32.0 Å². The lowest BCUT2D eigenvalue weighted by Crippen LogP contribution is -2.47. The van der Waals surface area contributed by atoms with Crippen molar-refractivity contribution in [2.24, 2.45) is 0 Å². The summed E-state index contributed by atoms with van der Waals surface area (Å²) in [4.78, 5) is 38.7. The second-order valence-electron chi connectivity index (χ2n) is 7.62. The predicted octanol–water partition coefficient (Wildman–Crippen LogP) is 1.49. The fourth-order valence-electron chi connectivity index (χ4n) is 4.20. The lowest BCUT2D eigenvalue weighted by Gasteiger charge is -2.35. The molecule has 1 fully saturated rings. The van der Waals surface area contributed by atoms with Crippen molar-refractivity contribution >= 4 is 40.9 Å². The van der Waals surface area contributed by atoms with Crippen LogP contribution in [0.1, 0.15) is 30.4 Å². The first-order valence-corrected chi connectivity index (χ1v) is 10.8. The number of thioether (sulfide) groups is 1. The molecule has 7 nitrogen and oxygen atoms in total. The van der Waals surface area contributed by atoms with Crippen molar-refractivity contribution in [3.05, 3.63) is 23.3 Å². The van der Waals surface area contributed by atoms with Crippen molar-refractivity contribution in [1.29, 1.82) is 0 Å². The summed E-state index contributed by atoms with van der Waals surface area (Å²) < 4.78 is 5.57. The number of rotatable bonds is 4. The maximum Gasteiger partial charge on any atom is 0.313 e. The Bertz CT molecular complexity index is 803. The zero-order chi connectivity index (χ0) is 19.7. The maximum atomic E-state index is 12.4. The standard InChI is InChI=1S/C20H25N3O4S/c1-27-20(6-8-28-12-20)11-21-18(25)19(26)22-15-9-13-3-2-7-23-16(24)5-4-14(10-15)17(13)23/h9-10H,2-8,11-12H2,1H3,(H,21,25)(H,22,26). The number of ether oxygens (including phenoxy) is 1. The summed E-state index contributed by atoms with van der Waals surface area (Å²) in [5.74, 6) is 0.643. The Hall–Kier alpha value is -2.06. The molecule has 0 bridgehead atoms. The molecule has 0 saturated carbocycles. The Morgan fingerprint density at radius 2 is 2.00 bits per heavy atom. The van der Waals surface area contributed by atoms with Gasteiger partial charge in [-0.15, -0.1) is 0 Å². The number of amides is 3. The van der Waals surface area contributed by atoms with Gasteiger partial charge in [0, 0.05) is 38.1 Å². The number of anilines is 2. The second-order valence-corrected chi connectivity index (χ2v) is 8.72. The number of hydrogen-bond acceptors (Lipinski definition) is 5. The summed E-state index contributed by atoms with van der Waals surface area (Å²) in [5, 5.41) is 5.43. The highest BCUT2D eigenvalue weighted by atomic mass is 32.2. The second kappa shape index (κ2) is 7.75. The molecule has 1 atom stereocenters. The number of hydrogen-bond donors (Lipinski definition) is 2. The van der Waals surface area contributed by atoms with Crippen LogP contribution in [0.5, 0.6) is 0 Å². The van der Waals surface area contributed by atoms with Gasteiger partial charge in [-0.1, -0.05) is 0 Å². The number of aryl methyl sites for hydroxylation is 2. The van der Waals surface area contributed by atoms with Gasteiger partial charge in [-0.25, -0.2) is 0 Å². The van der Waals surface area contributed by atoms with E-state index in [2.05, 4.69) is 10.6 Å². The van der Waals surface area contributed by atoms with Crippen molar-refractivity contribution in [2.45, 2.75) is 37.7 Å². The molecule has 8 heteroatoms. The van der Waals surface area contributed by atoms with Crippen molar-refractivity contribution in [3.8, 4) is 0 Å². The highest BCUT2D eigenvalue weighted by molar-refractivity contribution is 7.99. The van der Waals surface area contributed by atoms with Crippen LogP contribution in [0.15, 0.2) is 12.1 Å². The van der Waals surface area contributed by atoms with Crippen LogP contribution in [0.2, 0.25) is 0 Å². The van der Waals surface area contributed by atoms with Crippen LogP contribution >= 0.6 is 11.8 Å². The molecular weight excluding hydrogens is 378 g/mol. The fraction of sp³-hybridized carbons (Fsp3) is 0.550. The van der Waals surface area contributed by atoms with Crippen LogP contribution < -0.4 is 15.5 Å². The van der Waals surface area contributed by atoms with Gasteiger partial charge in [0.05, 0.1) is 11.3 Å². The zero-order valence-electron chi connectivity index (χ0n) is 16.0. The Kier molecular flexibility index (Phi) is 5.33. The number of benzene rings is 1. The normalized spacial score (nSPS) is 23.3. The Labute approximate surface area is 168 Å². The van der Waals surface area contributed by atoms with E-state index in [1.807, 2.05) is 17.0 Å². The predicted molar refractivity (Wildman–Crippen MR) is 109 cm³/mol. The summed E-state index contributed by atoms with van der Waals surface area (Å²) in [7, 11) is 1.64. The lowest BCUT2D eigenvalue weighted by molar-refractivity contribution is -0.136. The third kappa shape index (κ3) is 3.63. The number of carbonyl (C=O) groups excluding carboxylic acids is 3. The molecule has 1 aromatic rings. The summed E-state index contributed by atoms with van der Waals surface area (Å²) in [6.07, 6.45) is 3.80. The quantitative estimate of drug-likeness (QED) is 0.744. The van der Waals surface area contributed by atoms with Gasteiger partial charge in [-0.05, 0) is 54.7 Å². The molecule has 1 aromatic carbocycles. The molecule has 28 heavy (non-hydrogen) atoms. The van der Waals surface area contributed by atoms with Crippen molar-refractivity contribution in [1.82, 2.24) is 5.32 Å². The SMILES string of the molecule is COC1(CNC(=O)C(=O)Nc2cc3c4c(c2)CCC(=O)N4CCC3)CCSC1. The average molecular weight is 404 g/mol. The number of methoxy groups -OCH3 is 1. The molecule has 2 N–H and O–H groups in total. The molecule has 0 aliphatic carbocycles. The summed E-state index contributed by atoms with van der Waals surface area (Å²) in [6.45, 7) is 1.09. The van der Waals surface area contributed by atoms with E-state index in [9.17, 15) is 14.4 Å². The minimum absolute atomic E-state index is 0.168. The van der Waals surface area contributed by atoms with Gasteiger partial charge in [0.25, 0.3) is 0 Å². The molecule has 1 unspecified atom stereocenters. The smallest absolute Gasteiger partial charge is 0.313 e. The van der Waals surface area contributed by atoms with Gasteiger partial charge in [0.1, 0.15) is 0 Å². The molecule has 0 radical (unpaired) electrons. The summed E-state index contributed by atoms with van der Waals surface area (Å²) in [6, 6.07) is 3.78. The van der Waals surface area contributed by atoms with Crippen molar-refractivity contribution in [2.75, 3.05) is 41.9 Å². The van der Waals surface area contributed by atoms with E-state index in [1.54, 1.807) is 18.9 Å². The molecule has 3 heterocycles. The maximum absolute atomic E-state index is 12.4. The van der Waals surface area contributed by atoms with E-state index in [-0.39, 0.29) is 11.5 Å². The Morgan fingerprint density at radius 1 is 1.21 bits per heavy atom. The number of nitrogens with zero attached hydrogens (tertiary/aromatic N) is 1. The first kappa shape index (κ1) is 19.3. The number of carbonyl (C=O) groups is 3. The first-order valence-electron chi connectivity index (χ1n) is 9.70. The van der Waals surface area contributed by atoms with E-state index in [1.165, 1.54) is 0 Å². The number of nitrogens with one attached hydrogen (secondary N) is 2. The van der Waals surface area contributed by atoms with E-state index >= 15 is 0 Å². The minimum atomic E-state index is -0.677. The van der Waals surface area contributed by atoms with E-state index in [4.69, 9.17) is 4.74 Å². The minimum Gasteiger partial charge on any atom is -0.376 e. The molecule has 3 amide bonds. The van der Waals surface area contributed by atoms with Gasteiger partial charge in [0.15, 0.2) is 0 Å². The molecule has 0 spiro atoms. The molecular formula is C20H25N3O4S. The van der Waals surface area contributed by atoms with E-state index in [0.29, 0.717) is 25.1 Å². The monoisotopic (exact) mass is 403 g/mol. The van der Waals surface area contributed by atoms with Crippen molar-refractivity contribution in [3.63, 3.8) is 0 Å². The average Bonchev–Trinajstić information content (AvgIpc) is 3.18. The first-order chi connectivity index (χ1) is 13.5. The molecule has 1 saturated heterocycles. The van der Waals surface area contributed by atoms with Gasteiger partial charge in [-0.2, -0.15) is 11.8 Å². The molecule has 3 aliphatic heterocycles. The molecule has 4 rings (SSSR count). The van der Waals surface area contributed by atoms with E-state index in [0.717, 1.165) is 54.1 Å². The summed E-state index contributed by atoms with van der Waals surface area (Å²) in [5.41, 5.74) is 3.36.